The van der Waals surface area contributed by atoms with E-state index in [1.54, 1.807) is 0 Å². The molecule has 0 atom stereocenters. The summed E-state index contributed by atoms with van der Waals surface area (Å²) in [6, 6.07) is 66.3. The number of hydrogen-bond acceptors (Lipinski definition) is 2. The third-order valence-corrected chi connectivity index (χ3v) is 11.5. The summed E-state index contributed by atoms with van der Waals surface area (Å²) in [6.07, 6.45) is 6.61. The highest BCUT2D eigenvalue weighted by atomic mass is 16.3. The first-order valence-corrected chi connectivity index (χ1v) is 19.4. The van der Waals surface area contributed by atoms with Crippen LogP contribution >= 0.6 is 0 Å². The molecule has 1 aliphatic carbocycles. The minimum absolute atomic E-state index is 0.660. The van der Waals surface area contributed by atoms with E-state index < -0.39 is 0 Å². The van der Waals surface area contributed by atoms with Crippen LogP contribution in [0.1, 0.15) is 43.6 Å². The van der Waals surface area contributed by atoms with Gasteiger partial charge in [0.2, 0.25) is 0 Å². The molecule has 0 saturated heterocycles. The molecule has 9 aromatic rings. The van der Waals surface area contributed by atoms with Crippen molar-refractivity contribution in [3.63, 3.8) is 0 Å². The van der Waals surface area contributed by atoms with Gasteiger partial charge in [0, 0.05) is 33.9 Å². The molecule has 0 aliphatic heterocycles. The molecule has 1 aromatic heterocycles. The molecule has 1 heterocycles. The highest BCUT2D eigenvalue weighted by molar-refractivity contribution is 6.06. The zero-order chi connectivity index (χ0) is 35.8. The van der Waals surface area contributed by atoms with Gasteiger partial charge < -0.3 is 9.32 Å². The molecule has 0 radical (unpaired) electrons. The van der Waals surface area contributed by atoms with Crippen LogP contribution in [0.25, 0.3) is 66.1 Å². The Balaban J connectivity index is 1.12. The van der Waals surface area contributed by atoms with Crippen LogP contribution in [-0.4, -0.2) is 0 Å². The average Bonchev–Trinajstić information content (AvgIpc) is 3.62. The standard InChI is InChI=1S/C52H41NO/c1-3-13-36(14-4-1)37-25-29-41(30-26-37)53(43-33-34-48-47-20-9-10-24-50(47)54-51(48)35-43)42-31-27-40(28-32-42)52-45(39-15-5-2-6-16-39)21-12-23-49(52)46-22-11-18-38-17-7-8-19-44(38)46/h2,5-12,15-36H,1,3-4,13-14H2. The first-order chi connectivity index (χ1) is 26.8. The Hall–Kier alpha value is -6.38. The van der Waals surface area contributed by atoms with E-state index in [0.29, 0.717) is 5.92 Å². The van der Waals surface area contributed by atoms with E-state index in [0.717, 1.165) is 39.0 Å². The number of anilines is 3. The monoisotopic (exact) mass is 695 g/mol. The second kappa shape index (κ2) is 13.9. The molecule has 1 aliphatic rings. The van der Waals surface area contributed by atoms with Gasteiger partial charge in [0.15, 0.2) is 0 Å². The fourth-order valence-corrected chi connectivity index (χ4v) is 8.82. The van der Waals surface area contributed by atoms with Crippen LogP contribution in [0, 0.1) is 0 Å². The van der Waals surface area contributed by atoms with Crippen LogP contribution in [-0.2, 0) is 0 Å². The molecule has 0 N–H and O–H groups in total. The molecule has 2 nitrogen and oxygen atoms in total. The van der Waals surface area contributed by atoms with E-state index in [2.05, 4.69) is 181 Å². The summed E-state index contributed by atoms with van der Waals surface area (Å²) in [7, 11) is 0. The quantitative estimate of drug-likeness (QED) is 0.165. The molecule has 1 fully saturated rings. The zero-order valence-electron chi connectivity index (χ0n) is 30.3. The zero-order valence-corrected chi connectivity index (χ0v) is 30.3. The van der Waals surface area contributed by atoms with E-state index >= 15 is 0 Å². The van der Waals surface area contributed by atoms with Crippen LogP contribution < -0.4 is 4.90 Å². The second-order valence-electron chi connectivity index (χ2n) is 14.7. The number of fused-ring (bicyclic) bond motifs is 4. The van der Waals surface area contributed by atoms with Crippen molar-refractivity contribution in [2.75, 3.05) is 4.90 Å². The van der Waals surface area contributed by atoms with Gasteiger partial charge in [-0.05, 0) is 111 Å². The van der Waals surface area contributed by atoms with E-state index in [4.69, 9.17) is 4.42 Å². The third-order valence-electron chi connectivity index (χ3n) is 11.5. The normalized spacial score (nSPS) is 13.5. The van der Waals surface area contributed by atoms with Crippen molar-refractivity contribution in [1.29, 1.82) is 0 Å². The van der Waals surface area contributed by atoms with Gasteiger partial charge in [-0.25, -0.2) is 0 Å². The summed E-state index contributed by atoms with van der Waals surface area (Å²) in [4.78, 5) is 2.37. The Kier molecular flexibility index (Phi) is 8.30. The summed E-state index contributed by atoms with van der Waals surface area (Å²) in [5.41, 5.74) is 13.9. The van der Waals surface area contributed by atoms with Crippen molar-refractivity contribution in [3.05, 3.63) is 188 Å². The third kappa shape index (κ3) is 5.85. The molecule has 1 saturated carbocycles. The van der Waals surface area contributed by atoms with Crippen molar-refractivity contribution < 1.29 is 4.42 Å². The highest BCUT2D eigenvalue weighted by Crippen LogP contribution is 2.45. The van der Waals surface area contributed by atoms with Crippen LogP contribution in [0.5, 0.6) is 0 Å². The van der Waals surface area contributed by atoms with Crippen molar-refractivity contribution in [2.45, 2.75) is 38.0 Å². The number of para-hydroxylation sites is 1. The molecule has 0 bridgehead atoms. The minimum atomic E-state index is 0.660. The Morgan fingerprint density at radius 3 is 1.83 bits per heavy atom. The fraction of sp³-hybridized carbons (Fsp3) is 0.115. The van der Waals surface area contributed by atoms with Gasteiger partial charge in [-0.2, -0.15) is 0 Å². The molecule has 0 amide bonds. The van der Waals surface area contributed by atoms with E-state index in [1.165, 1.54) is 81.8 Å². The van der Waals surface area contributed by atoms with E-state index in [9.17, 15) is 0 Å². The van der Waals surface area contributed by atoms with Crippen molar-refractivity contribution in [3.8, 4) is 33.4 Å². The number of furan rings is 1. The Labute approximate surface area is 316 Å². The molecule has 10 rings (SSSR count). The highest BCUT2D eigenvalue weighted by Gasteiger charge is 2.20. The van der Waals surface area contributed by atoms with Crippen LogP contribution in [0.2, 0.25) is 0 Å². The predicted octanol–water partition coefficient (Wildman–Crippen LogP) is 15.3. The maximum Gasteiger partial charge on any atom is 0.137 e. The lowest BCUT2D eigenvalue weighted by molar-refractivity contribution is 0.443. The lowest BCUT2D eigenvalue weighted by Gasteiger charge is -2.27. The van der Waals surface area contributed by atoms with Crippen LogP contribution in [0.3, 0.4) is 0 Å². The number of hydrogen-bond donors (Lipinski definition) is 0. The Morgan fingerprint density at radius 1 is 0.407 bits per heavy atom. The molecular formula is C52H41NO. The molecule has 0 unspecified atom stereocenters. The Bertz CT molecular complexity index is 2730. The minimum Gasteiger partial charge on any atom is -0.456 e. The maximum atomic E-state index is 6.40. The Morgan fingerprint density at radius 2 is 1.02 bits per heavy atom. The van der Waals surface area contributed by atoms with Gasteiger partial charge in [0.1, 0.15) is 11.2 Å². The fourth-order valence-electron chi connectivity index (χ4n) is 8.82. The van der Waals surface area contributed by atoms with Gasteiger partial charge in [-0.1, -0.05) is 153 Å². The number of nitrogens with zero attached hydrogens (tertiary/aromatic N) is 1. The number of rotatable bonds is 7. The summed E-state index contributed by atoms with van der Waals surface area (Å²) in [5, 5.41) is 4.78. The first-order valence-electron chi connectivity index (χ1n) is 19.4. The van der Waals surface area contributed by atoms with Crippen molar-refractivity contribution >= 4 is 49.8 Å². The lowest BCUT2D eigenvalue weighted by Crippen LogP contribution is -2.10. The summed E-state index contributed by atoms with van der Waals surface area (Å²) < 4.78 is 6.40. The van der Waals surface area contributed by atoms with Crippen LogP contribution in [0.15, 0.2) is 186 Å². The molecular weight excluding hydrogens is 655 g/mol. The molecule has 260 valence electrons. The molecule has 0 spiro atoms. The second-order valence-corrected chi connectivity index (χ2v) is 14.7. The molecule has 2 heteroatoms. The first kappa shape index (κ1) is 32.3. The van der Waals surface area contributed by atoms with Gasteiger partial charge in [-0.15, -0.1) is 0 Å². The smallest absolute Gasteiger partial charge is 0.137 e. The predicted molar refractivity (Wildman–Crippen MR) is 228 cm³/mol. The summed E-state index contributed by atoms with van der Waals surface area (Å²) in [6.45, 7) is 0. The molecule has 8 aromatic carbocycles. The summed E-state index contributed by atoms with van der Waals surface area (Å²) in [5.74, 6) is 0.660. The summed E-state index contributed by atoms with van der Waals surface area (Å²) >= 11 is 0. The largest absolute Gasteiger partial charge is 0.456 e. The van der Waals surface area contributed by atoms with Gasteiger partial charge >= 0.3 is 0 Å². The SMILES string of the molecule is c1ccc(-c2cccc(-c3cccc4ccccc34)c2-c2ccc(N(c3ccc(C4CCCCC4)cc3)c3ccc4c(c3)oc3ccccc34)cc2)cc1. The topological polar surface area (TPSA) is 16.4 Å². The van der Waals surface area contributed by atoms with Crippen molar-refractivity contribution in [2.24, 2.45) is 0 Å². The van der Waals surface area contributed by atoms with Gasteiger partial charge in [-0.3, -0.25) is 0 Å². The maximum absolute atomic E-state index is 6.40. The van der Waals surface area contributed by atoms with E-state index in [1.807, 2.05) is 6.07 Å². The number of benzene rings is 8. The molecule has 54 heavy (non-hydrogen) atoms. The average molecular weight is 696 g/mol. The van der Waals surface area contributed by atoms with Gasteiger partial charge in [0.25, 0.3) is 0 Å². The van der Waals surface area contributed by atoms with Crippen LogP contribution in [0.4, 0.5) is 17.1 Å². The van der Waals surface area contributed by atoms with Gasteiger partial charge in [0.05, 0.1) is 0 Å². The van der Waals surface area contributed by atoms with Crippen molar-refractivity contribution in [1.82, 2.24) is 0 Å². The van der Waals surface area contributed by atoms with E-state index in [-0.39, 0.29) is 0 Å². The lowest BCUT2D eigenvalue weighted by atomic mass is 9.84.